The van der Waals surface area contributed by atoms with E-state index in [1.807, 2.05) is 28.8 Å². The molecule has 0 bridgehead atoms. The number of rotatable bonds is 1. The van der Waals surface area contributed by atoms with Gasteiger partial charge in [0.2, 0.25) is 0 Å². The van der Waals surface area contributed by atoms with E-state index in [4.69, 9.17) is 0 Å². The fourth-order valence-corrected chi connectivity index (χ4v) is 2.58. The van der Waals surface area contributed by atoms with Gasteiger partial charge in [-0.2, -0.15) is 13.2 Å². The summed E-state index contributed by atoms with van der Waals surface area (Å²) in [6, 6.07) is 10.5. The third-order valence-corrected chi connectivity index (χ3v) is 3.71. The van der Waals surface area contributed by atoms with Gasteiger partial charge >= 0.3 is 6.18 Å². The summed E-state index contributed by atoms with van der Waals surface area (Å²) in [5, 5.41) is 0. The summed E-state index contributed by atoms with van der Waals surface area (Å²) < 4.78 is 40.2. The monoisotopic (exact) mass is 340 g/mol. The van der Waals surface area contributed by atoms with E-state index in [0.717, 1.165) is 17.8 Å². The van der Waals surface area contributed by atoms with Crippen molar-refractivity contribution < 1.29 is 13.2 Å². The van der Waals surface area contributed by atoms with E-state index in [0.29, 0.717) is 15.9 Å². The molecule has 0 atom stereocenters. The summed E-state index contributed by atoms with van der Waals surface area (Å²) in [5.74, 6) is 0. The SMILES string of the molecule is FC(F)(F)c1ccc(-c2nc3ccccn3c2Br)cc1. The van der Waals surface area contributed by atoms with Crippen molar-refractivity contribution in [2.45, 2.75) is 6.18 Å². The summed E-state index contributed by atoms with van der Waals surface area (Å²) in [6.07, 6.45) is -2.49. The molecule has 0 unspecified atom stereocenters. The summed E-state index contributed by atoms with van der Waals surface area (Å²) in [5.41, 5.74) is 1.31. The smallest absolute Gasteiger partial charge is 0.294 e. The van der Waals surface area contributed by atoms with Crippen LogP contribution in [0.4, 0.5) is 13.2 Å². The van der Waals surface area contributed by atoms with Crippen molar-refractivity contribution >= 4 is 21.6 Å². The number of benzene rings is 1. The summed E-state index contributed by atoms with van der Waals surface area (Å²) in [6.45, 7) is 0. The predicted octanol–water partition coefficient (Wildman–Crippen LogP) is 4.78. The molecule has 0 saturated carbocycles. The van der Waals surface area contributed by atoms with E-state index in [-0.39, 0.29) is 0 Å². The van der Waals surface area contributed by atoms with Gasteiger partial charge in [0, 0.05) is 11.8 Å². The number of fused-ring (bicyclic) bond motifs is 1. The quantitative estimate of drug-likeness (QED) is 0.623. The number of halogens is 4. The molecule has 0 aliphatic carbocycles. The predicted molar refractivity (Wildman–Crippen MR) is 73.3 cm³/mol. The standard InChI is InChI=1S/C14H8BrF3N2/c15-13-12(19-11-3-1-2-8-20(11)13)9-4-6-10(7-5-9)14(16,17)18/h1-8H. The normalized spacial score (nSPS) is 12.0. The number of nitrogens with zero attached hydrogens (tertiary/aromatic N) is 2. The summed E-state index contributed by atoms with van der Waals surface area (Å²) in [7, 11) is 0. The molecule has 102 valence electrons. The molecule has 0 fully saturated rings. The molecular weight excluding hydrogens is 333 g/mol. The van der Waals surface area contributed by atoms with E-state index in [1.54, 1.807) is 0 Å². The second kappa shape index (κ2) is 4.63. The van der Waals surface area contributed by atoms with Crippen molar-refractivity contribution in [3.05, 3.63) is 58.8 Å². The Bertz CT molecular complexity index is 760. The molecule has 2 nitrogen and oxygen atoms in total. The number of pyridine rings is 1. The van der Waals surface area contributed by atoms with Crippen LogP contribution in [0.15, 0.2) is 53.3 Å². The molecule has 0 spiro atoms. The molecule has 0 amide bonds. The average molecular weight is 341 g/mol. The van der Waals surface area contributed by atoms with E-state index in [2.05, 4.69) is 20.9 Å². The highest BCUT2D eigenvalue weighted by atomic mass is 79.9. The van der Waals surface area contributed by atoms with Gasteiger partial charge in [0.1, 0.15) is 15.9 Å². The van der Waals surface area contributed by atoms with Gasteiger partial charge in [-0.3, -0.25) is 4.40 Å². The molecular formula is C14H8BrF3N2. The molecule has 20 heavy (non-hydrogen) atoms. The maximum Gasteiger partial charge on any atom is 0.416 e. The maximum absolute atomic E-state index is 12.5. The fourth-order valence-electron chi connectivity index (χ4n) is 1.97. The number of hydrogen-bond acceptors (Lipinski definition) is 1. The van der Waals surface area contributed by atoms with Gasteiger partial charge in [0.25, 0.3) is 0 Å². The van der Waals surface area contributed by atoms with Crippen LogP contribution >= 0.6 is 15.9 Å². The van der Waals surface area contributed by atoms with Gasteiger partial charge in [-0.15, -0.1) is 0 Å². The zero-order chi connectivity index (χ0) is 14.3. The van der Waals surface area contributed by atoms with Crippen LogP contribution in [0.5, 0.6) is 0 Å². The lowest BCUT2D eigenvalue weighted by Crippen LogP contribution is -2.04. The first-order chi connectivity index (χ1) is 9.47. The zero-order valence-corrected chi connectivity index (χ0v) is 11.6. The van der Waals surface area contributed by atoms with Crippen molar-refractivity contribution in [3.63, 3.8) is 0 Å². The molecule has 3 aromatic rings. The summed E-state index contributed by atoms with van der Waals surface area (Å²) in [4.78, 5) is 4.41. The van der Waals surface area contributed by atoms with E-state index < -0.39 is 11.7 Å². The van der Waals surface area contributed by atoms with Gasteiger partial charge in [-0.1, -0.05) is 18.2 Å². The number of imidazole rings is 1. The lowest BCUT2D eigenvalue weighted by molar-refractivity contribution is -0.137. The first-order valence-electron chi connectivity index (χ1n) is 5.77. The topological polar surface area (TPSA) is 17.3 Å². The maximum atomic E-state index is 12.5. The molecule has 2 heterocycles. The molecule has 1 aromatic carbocycles. The Morgan fingerprint density at radius 3 is 2.30 bits per heavy atom. The lowest BCUT2D eigenvalue weighted by Gasteiger charge is -2.06. The van der Waals surface area contributed by atoms with Crippen LogP contribution in [0.3, 0.4) is 0 Å². The summed E-state index contributed by atoms with van der Waals surface area (Å²) >= 11 is 3.42. The molecule has 0 radical (unpaired) electrons. The van der Waals surface area contributed by atoms with Crippen LogP contribution in [0, 0.1) is 0 Å². The molecule has 0 aliphatic rings. The van der Waals surface area contributed by atoms with Crippen molar-refractivity contribution in [2.24, 2.45) is 0 Å². The third kappa shape index (κ3) is 2.20. The van der Waals surface area contributed by atoms with Gasteiger partial charge in [-0.25, -0.2) is 4.98 Å². The molecule has 6 heteroatoms. The molecule has 3 rings (SSSR count). The Kier molecular flexibility index (Phi) is 3.05. The van der Waals surface area contributed by atoms with Crippen LogP contribution in [0.2, 0.25) is 0 Å². The van der Waals surface area contributed by atoms with Gasteiger partial charge in [-0.05, 0) is 40.2 Å². The lowest BCUT2D eigenvalue weighted by atomic mass is 10.1. The van der Waals surface area contributed by atoms with Crippen LogP contribution in [-0.2, 0) is 6.18 Å². The van der Waals surface area contributed by atoms with Gasteiger partial charge in [0.05, 0.1) is 5.56 Å². The van der Waals surface area contributed by atoms with Crippen molar-refractivity contribution in [1.82, 2.24) is 9.38 Å². The van der Waals surface area contributed by atoms with Crippen molar-refractivity contribution in [2.75, 3.05) is 0 Å². The second-order valence-corrected chi connectivity index (χ2v) is 5.01. The average Bonchev–Trinajstić information content (AvgIpc) is 2.76. The minimum absolute atomic E-state index is 0.616. The number of aromatic nitrogens is 2. The Balaban J connectivity index is 2.09. The van der Waals surface area contributed by atoms with Crippen molar-refractivity contribution in [1.29, 1.82) is 0 Å². The molecule has 0 aliphatic heterocycles. The number of hydrogen-bond donors (Lipinski definition) is 0. The highest BCUT2D eigenvalue weighted by Crippen LogP contribution is 2.33. The Morgan fingerprint density at radius 1 is 1.00 bits per heavy atom. The van der Waals surface area contributed by atoms with E-state index in [1.165, 1.54) is 12.1 Å². The fraction of sp³-hybridized carbons (Fsp3) is 0.0714. The molecule has 2 aromatic heterocycles. The van der Waals surface area contributed by atoms with Crippen LogP contribution in [0.25, 0.3) is 16.9 Å². The zero-order valence-electron chi connectivity index (χ0n) is 10.0. The first-order valence-corrected chi connectivity index (χ1v) is 6.56. The van der Waals surface area contributed by atoms with Gasteiger partial charge < -0.3 is 0 Å². The van der Waals surface area contributed by atoms with E-state index in [9.17, 15) is 13.2 Å². The molecule has 0 saturated heterocycles. The first kappa shape index (κ1) is 13.2. The largest absolute Gasteiger partial charge is 0.416 e. The van der Waals surface area contributed by atoms with Crippen LogP contribution < -0.4 is 0 Å². The Labute approximate surface area is 121 Å². The second-order valence-electron chi connectivity index (χ2n) is 4.26. The van der Waals surface area contributed by atoms with Crippen LogP contribution in [0.1, 0.15) is 5.56 Å². The van der Waals surface area contributed by atoms with E-state index >= 15 is 0 Å². The minimum atomic E-state index is -4.32. The van der Waals surface area contributed by atoms with Gasteiger partial charge in [0.15, 0.2) is 0 Å². The van der Waals surface area contributed by atoms with Crippen LogP contribution in [-0.4, -0.2) is 9.38 Å². The third-order valence-electron chi connectivity index (χ3n) is 2.96. The Morgan fingerprint density at radius 2 is 1.70 bits per heavy atom. The number of alkyl halides is 3. The molecule has 0 N–H and O–H groups in total. The Hall–Kier alpha value is -1.82. The highest BCUT2D eigenvalue weighted by Gasteiger charge is 2.30. The highest BCUT2D eigenvalue weighted by molar-refractivity contribution is 9.10. The minimum Gasteiger partial charge on any atom is -0.294 e. The van der Waals surface area contributed by atoms with Crippen molar-refractivity contribution in [3.8, 4) is 11.3 Å².